The third-order valence-corrected chi connectivity index (χ3v) is 4.70. The van der Waals surface area contributed by atoms with Gasteiger partial charge in [0.1, 0.15) is 5.75 Å². The van der Waals surface area contributed by atoms with Crippen molar-refractivity contribution >= 4 is 11.8 Å². The van der Waals surface area contributed by atoms with Crippen LogP contribution in [0.5, 0.6) is 5.75 Å². The van der Waals surface area contributed by atoms with Crippen LogP contribution < -0.4 is 10.1 Å². The summed E-state index contributed by atoms with van der Waals surface area (Å²) in [7, 11) is 1.74. The summed E-state index contributed by atoms with van der Waals surface area (Å²) in [6, 6.07) is 7.10. The number of methoxy groups -OCH3 is 1. The van der Waals surface area contributed by atoms with Gasteiger partial charge in [-0.2, -0.15) is 11.8 Å². The normalized spacial score (nSPS) is 19.4. The van der Waals surface area contributed by atoms with Gasteiger partial charge in [-0.25, -0.2) is 0 Å². The molecule has 0 saturated carbocycles. The van der Waals surface area contributed by atoms with Crippen molar-refractivity contribution in [2.75, 3.05) is 25.7 Å². The summed E-state index contributed by atoms with van der Waals surface area (Å²) in [5, 5.41) is 12.9. The highest BCUT2D eigenvalue weighted by molar-refractivity contribution is 7.98. The van der Waals surface area contributed by atoms with E-state index in [2.05, 4.69) is 23.7 Å². The first kappa shape index (κ1) is 15.7. The maximum atomic E-state index is 9.20. The maximum absolute atomic E-state index is 9.20. The van der Waals surface area contributed by atoms with Gasteiger partial charge in [-0.3, -0.25) is 0 Å². The van der Waals surface area contributed by atoms with Gasteiger partial charge < -0.3 is 15.2 Å². The summed E-state index contributed by atoms with van der Waals surface area (Å²) in [5.74, 6) is 2.05. The molecule has 0 aliphatic heterocycles. The number of hydrogen-bond acceptors (Lipinski definition) is 4. The molecule has 0 spiro atoms. The molecule has 0 fully saturated rings. The number of nitrogens with one attached hydrogen (secondary N) is 1. The third-order valence-electron chi connectivity index (χ3n) is 3.97. The lowest BCUT2D eigenvalue weighted by Crippen LogP contribution is -2.37. The minimum atomic E-state index is 0.246. The number of thioether (sulfide) groups is 1. The number of fused-ring (bicyclic) bond motifs is 1. The van der Waals surface area contributed by atoms with Crippen LogP contribution in [0, 0.1) is 0 Å². The van der Waals surface area contributed by atoms with Crippen molar-refractivity contribution in [1.82, 2.24) is 5.32 Å². The smallest absolute Gasteiger partial charge is 0.122 e. The van der Waals surface area contributed by atoms with Gasteiger partial charge in [0.25, 0.3) is 0 Å². The highest BCUT2D eigenvalue weighted by Crippen LogP contribution is 2.35. The number of hydrogen-bond donors (Lipinski definition) is 2. The van der Waals surface area contributed by atoms with Gasteiger partial charge in [0.2, 0.25) is 0 Å². The van der Waals surface area contributed by atoms with E-state index in [0.717, 1.165) is 30.8 Å². The van der Waals surface area contributed by atoms with Crippen molar-refractivity contribution in [3.8, 4) is 5.75 Å². The second-order valence-electron chi connectivity index (χ2n) is 5.30. The first-order chi connectivity index (χ1) is 9.80. The highest BCUT2D eigenvalue weighted by Gasteiger charge is 2.24. The van der Waals surface area contributed by atoms with E-state index in [4.69, 9.17) is 4.74 Å². The maximum Gasteiger partial charge on any atom is 0.122 e. The predicted octanol–water partition coefficient (Wildman–Crippen LogP) is 2.78. The molecule has 2 atom stereocenters. The van der Waals surface area contributed by atoms with E-state index < -0.39 is 0 Å². The number of aliphatic hydroxyl groups is 1. The first-order valence-electron chi connectivity index (χ1n) is 7.31. The summed E-state index contributed by atoms with van der Waals surface area (Å²) in [4.78, 5) is 0. The molecule has 1 aliphatic carbocycles. The van der Waals surface area contributed by atoms with E-state index in [-0.39, 0.29) is 6.61 Å². The van der Waals surface area contributed by atoms with Crippen LogP contribution in [-0.4, -0.2) is 36.9 Å². The SMILES string of the molecule is COc1cccc2c1CCC[C@@H]2N[C@@H](CCO)CSC. The zero-order chi connectivity index (χ0) is 14.4. The van der Waals surface area contributed by atoms with E-state index in [1.54, 1.807) is 7.11 Å². The third kappa shape index (κ3) is 3.68. The van der Waals surface area contributed by atoms with Gasteiger partial charge in [0.15, 0.2) is 0 Å². The van der Waals surface area contributed by atoms with E-state index >= 15 is 0 Å². The molecule has 1 aromatic rings. The Kier molecular flexibility index (Phi) is 6.20. The molecule has 112 valence electrons. The molecule has 0 radical (unpaired) electrons. The number of benzene rings is 1. The van der Waals surface area contributed by atoms with Crippen molar-refractivity contribution < 1.29 is 9.84 Å². The first-order valence-corrected chi connectivity index (χ1v) is 8.71. The molecule has 0 heterocycles. The fraction of sp³-hybridized carbons (Fsp3) is 0.625. The van der Waals surface area contributed by atoms with Gasteiger partial charge in [-0.15, -0.1) is 0 Å². The van der Waals surface area contributed by atoms with E-state index in [9.17, 15) is 5.11 Å². The van der Waals surface area contributed by atoms with Crippen molar-refractivity contribution in [1.29, 1.82) is 0 Å². The lowest BCUT2D eigenvalue weighted by atomic mass is 9.86. The average Bonchev–Trinajstić information content (AvgIpc) is 2.47. The molecule has 0 amide bonds. The van der Waals surface area contributed by atoms with Crippen LogP contribution in [0.4, 0.5) is 0 Å². The second kappa shape index (κ2) is 7.91. The molecule has 20 heavy (non-hydrogen) atoms. The van der Waals surface area contributed by atoms with Crippen molar-refractivity contribution in [3.63, 3.8) is 0 Å². The molecule has 0 unspecified atom stereocenters. The number of aliphatic hydroxyl groups excluding tert-OH is 1. The lowest BCUT2D eigenvalue weighted by Gasteiger charge is -2.31. The Labute approximate surface area is 126 Å². The van der Waals surface area contributed by atoms with Crippen molar-refractivity contribution in [2.24, 2.45) is 0 Å². The average molecular weight is 295 g/mol. The Balaban J connectivity index is 2.15. The van der Waals surface area contributed by atoms with Crippen molar-refractivity contribution in [2.45, 2.75) is 37.8 Å². The Hall–Kier alpha value is -0.710. The van der Waals surface area contributed by atoms with Crippen LogP contribution in [0.2, 0.25) is 0 Å². The summed E-state index contributed by atoms with van der Waals surface area (Å²) in [6.45, 7) is 0.246. The van der Waals surface area contributed by atoms with Gasteiger partial charge in [-0.05, 0) is 49.1 Å². The molecule has 2 rings (SSSR count). The van der Waals surface area contributed by atoms with E-state index in [1.807, 2.05) is 17.8 Å². The van der Waals surface area contributed by atoms with Gasteiger partial charge >= 0.3 is 0 Å². The van der Waals surface area contributed by atoms with Crippen LogP contribution >= 0.6 is 11.8 Å². The summed E-state index contributed by atoms with van der Waals surface area (Å²) >= 11 is 1.83. The standard InChI is InChI=1S/C16H25NO2S/c1-19-16-8-4-5-13-14(16)6-3-7-15(13)17-12(9-10-18)11-20-2/h4-5,8,12,15,17-18H,3,6-7,9-11H2,1-2H3/t12-,15-/m0/s1. The Morgan fingerprint density at radius 1 is 1.50 bits per heavy atom. The highest BCUT2D eigenvalue weighted by atomic mass is 32.2. The molecular formula is C16H25NO2S. The van der Waals surface area contributed by atoms with Gasteiger partial charge in [-0.1, -0.05) is 12.1 Å². The van der Waals surface area contributed by atoms with Crippen LogP contribution in [0.15, 0.2) is 18.2 Å². The molecule has 0 saturated heterocycles. The Morgan fingerprint density at radius 3 is 3.05 bits per heavy atom. The molecule has 1 aliphatic rings. The number of ether oxygens (including phenoxy) is 1. The van der Waals surface area contributed by atoms with Crippen LogP contribution in [0.3, 0.4) is 0 Å². The van der Waals surface area contributed by atoms with Crippen LogP contribution in [0.25, 0.3) is 0 Å². The van der Waals surface area contributed by atoms with Gasteiger partial charge in [0.05, 0.1) is 7.11 Å². The largest absolute Gasteiger partial charge is 0.496 e. The topological polar surface area (TPSA) is 41.5 Å². The second-order valence-corrected chi connectivity index (χ2v) is 6.21. The lowest BCUT2D eigenvalue weighted by molar-refractivity contribution is 0.261. The summed E-state index contributed by atoms with van der Waals surface area (Å²) in [5.41, 5.74) is 2.73. The predicted molar refractivity (Wildman–Crippen MR) is 85.7 cm³/mol. The zero-order valence-corrected chi connectivity index (χ0v) is 13.2. The molecule has 0 bridgehead atoms. The van der Waals surface area contributed by atoms with Crippen LogP contribution in [-0.2, 0) is 6.42 Å². The quantitative estimate of drug-likeness (QED) is 0.811. The fourth-order valence-corrected chi connectivity index (χ4v) is 3.70. The summed E-state index contributed by atoms with van der Waals surface area (Å²) in [6.07, 6.45) is 6.39. The fourth-order valence-electron chi connectivity index (χ4n) is 3.04. The zero-order valence-electron chi connectivity index (χ0n) is 12.4. The molecule has 0 aromatic heterocycles. The Morgan fingerprint density at radius 2 is 2.35 bits per heavy atom. The monoisotopic (exact) mass is 295 g/mol. The molecular weight excluding hydrogens is 270 g/mol. The molecule has 2 N–H and O–H groups in total. The molecule has 3 nitrogen and oxygen atoms in total. The van der Waals surface area contributed by atoms with Crippen LogP contribution in [0.1, 0.15) is 36.4 Å². The Bertz CT molecular complexity index is 419. The minimum Gasteiger partial charge on any atom is -0.496 e. The van der Waals surface area contributed by atoms with E-state index in [0.29, 0.717) is 12.1 Å². The molecule has 1 aromatic carbocycles. The minimum absolute atomic E-state index is 0.246. The van der Waals surface area contributed by atoms with E-state index in [1.165, 1.54) is 17.5 Å². The van der Waals surface area contributed by atoms with Gasteiger partial charge in [0, 0.05) is 24.4 Å². The van der Waals surface area contributed by atoms with Crippen molar-refractivity contribution in [3.05, 3.63) is 29.3 Å². The molecule has 4 heteroatoms. The summed E-state index contributed by atoms with van der Waals surface area (Å²) < 4.78 is 5.49. The number of rotatable bonds is 7.